The molecule has 1 heterocycles. The van der Waals surface area contributed by atoms with Crippen LogP contribution < -0.4 is 0 Å². The van der Waals surface area contributed by atoms with Crippen molar-refractivity contribution >= 4 is 0 Å². The Morgan fingerprint density at radius 2 is 1.65 bits per heavy atom. The summed E-state index contributed by atoms with van der Waals surface area (Å²) in [6.07, 6.45) is 1.85. The monoisotopic (exact) mass is 263 g/mol. The van der Waals surface area contributed by atoms with Crippen molar-refractivity contribution in [1.29, 1.82) is 0 Å². The maximum atomic E-state index is 8.47. The van der Waals surface area contributed by atoms with Crippen LogP contribution in [0, 0.1) is 0 Å². The standard InChI is InChI=1S/C18H18N2/c1-2-9-17-14-18(15-10-5-3-6-11-15)19-20(17)16-12-7-4-8-13-16/h3-8,10-14H,2,9H2,1H3/i14D. The average Bonchev–Trinajstić information content (AvgIpc) is 2.87. The molecule has 3 rings (SSSR count). The highest BCUT2D eigenvalue weighted by molar-refractivity contribution is 5.60. The number of hydrogen-bond donors (Lipinski definition) is 0. The minimum absolute atomic E-state index is 0.534. The maximum Gasteiger partial charge on any atom is 0.0930 e. The van der Waals surface area contributed by atoms with Gasteiger partial charge in [0.05, 0.1) is 12.8 Å². The van der Waals surface area contributed by atoms with E-state index in [4.69, 9.17) is 6.47 Å². The number of para-hydroxylation sites is 1. The molecule has 0 saturated heterocycles. The lowest BCUT2D eigenvalue weighted by Crippen LogP contribution is -2.01. The largest absolute Gasteiger partial charge is 0.237 e. The number of benzene rings is 2. The van der Waals surface area contributed by atoms with Crippen LogP contribution in [0.5, 0.6) is 0 Å². The van der Waals surface area contributed by atoms with Gasteiger partial charge in [-0.1, -0.05) is 61.9 Å². The first kappa shape index (κ1) is 11.5. The first-order valence-corrected chi connectivity index (χ1v) is 7.00. The molecule has 0 N–H and O–H groups in total. The van der Waals surface area contributed by atoms with Crippen LogP contribution in [0.15, 0.2) is 66.7 Å². The molecule has 0 spiro atoms. The molecule has 0 aliphatic heterocycles. The van der Waals surface area contributed by atoms with E-state index < -0.39 is 0 Å². The Morgan fingerprint density at radius 1 is 1.00 bits per heavy atom. The Bertz CT molecular complexity index is 718. The van der Waals surface area contributed by atoms with Gasteiger partial charge in [-0.3, -0.25) is 0 Å². The van der Waals surface area contributed by atoms with Crippen molar-refractivity contribution < 1.29 is 1.37 Å². The summed E-state index contributed by atoms with van der Waals surface area (Å²) in [5, 5.41) is 4.70. The van der Waals surface area contributed by atoms with Crippen LogP contribution in [0.4, 0.5) is 0 Å². The molecule has 2 heteroatoms. The lowest BCUT2D eigenvalue weighted by molar-refractivity contribution is 0.776. The molecule has 1 aromatic heterocycles. The van der Waals surface area contributed by atoms with Crippen LogP contribution in [0.1, 0.15) is 20.4 Å². The number of aromatic nitrogens is 2. The normalized spacial score (nSPS) is 11.3. The zero-order chi connectivity index (χ0) is 14.7. The van der Waals surface area contributed by atoms with Crippen molar-refractivity contribution in [3.8, 4) is 16.9 Å². The second-order valence-corrected chi connectivity index (χ2v) is 4.78. The highest BCUT2D eigenvalue weighted by atomic mass is 15.3. The molecule has 0 aliphatic carbocycles. The summed E-state index contributed by atoms with van der Waals surface area (Å²) < 4.78 is 10.4. The van der Waals surface area contributed by atoms with Crippen molar-refractivity contribution in [1.82, 2.24) is 9.78 Å². The van der Waals surface area contributed by atoms with Gasteiger partial charge in [-0.05, 0) is 24.6 Å². The lowest BCUT2D eigenvalue weighted by atomic mass is 10.1. The minimum Gasteiger partial charge on any atom is -0.237 e. The second kappa shape index (κ2) is 5.74. The molecule has 0 aliphatic rings. The topological polar surface area (TPSA) is 17.8 Å². The molecule has 20 heavy (non-hydrogen) atoms. The Labute approximate surface area is 121 Å². The summed E-state index contributed by atoms with van der Waals surface area (Å²) in [5.41, 5.74) is 3.73. The van der Waals surface area contributed by atoms with Crippen molar-refractivity contribution in [3.63, 3.8) is 0 Å². The zero-order valence-electron chi connectivity index (χ0n) is 12.6. The summed E-state index contributed by atoms with van der Waals surface area (Å²) in [4.78, 5) is 0. The van der Waals surface area contributed by atoms with E-state index in [2.05, 4.69) is 6.92 Å². The summed E-state index contributed by atoms with van der Waals surface area (Å²) in [6, 6.07) is 20.5. The molecule has 100 valence electrons. The second-order valence-electron chi connectivity index (χ2n) is 4.78. The number of nitrogens with zero attached hydrogens (tertiary/aromatic N) is 2. The molecular formula is C18H18N2. The van der Waals surface area contributed by atoms with E-state index in [0.717, 1.165) is 35.5 Å². The number of rotatable bonds is 4. The molecule has 2 nitrogen and oxygen atoms in total. The van der Waals surface area contributed by atoms with Crippen LogP contribution in [0.3, 0.4) is 0 Å². The molecule has 0 radical (unpaired) electrons. The van der Waals surface area contributed by atoms with Gasteiger partial charge < -0.3 is 0 Å². The fourth-order valence-electron chi connectivity index (χ4n) is 2.29. The highest BCUT2D eigenvalue weighted by Crippen LogP contribution is 2.22. The van der Waals surface area contributed by atoms with Gasteiger partial charge in [0, 0.05) is 11.3 Å². The Morgan fingerprint density at radius 3 is 2.30 bits per heavy atom. The van der Waals surface area contributed by atoms with Crippen LogP contribution in [-0.4, -0.2) is 9.78 Å². The SMILES string of the molecule is [2H]c1c(-c2ccccc2)nn(-c2ccccc2)c1CCC. The fraction of sp³-hybridized carbons (Fsp3) is 0.167. The molecule has 0 atom stereocenters. The zero-order valence-corrected chi connectivity index (χ0v) is 11.6. The fourth-order valence-corrected chi connectivity index (χ4v) is 2.29. The summed E-state index contributed by atoms with van der Waals surface area (Å²) in [7, 11) is 0. The lowest BCUT2D eigenvalue weighted by Gasteiger charge is -2.05. The van der Waals surface area contributed by atoms with Gasteiger partial charge in [-0.25, -0.2) is 4.68 Å². The first-order valence-electron chi connectivity index (χ1n) is 7.50. The Balaban J connectivity index is 2.16. The van der Waals surface area contributed by atoms with Gasteiger partial charge in [0.1, 0.15) is 0 Å². The molecule has 2 aromatic carbocycles. The molecule has 0 unspecified atom stereocenters. The summed E-state index contributed by atoms with van der Waals surface area (Å²) in [5.74, 6) is 0. The van der Waals surface area contributed by atoms with Gasteiger partial charge in [-0.2, -0.15) is 5.10 Å². The third-order valence-electron chi connectivity index (χ3n) is 3.25. The minimum atomic E-state index is 0.534. The van der Waals surface area contributed by atoms with E-state index in [9.17, 15) is 0 Å². The molecular weight excluding hydrogens is 244 g/mol. The smallest absolute Gasteiger partial charge is 0.0930 e. The van der Waals surface area contributed by atoms with Crippen LogP contribution in [0.25, 0.3) is 16.9 Å². The van der Waals surface area contributed by atoms with Crippen LogP contribution in [-0.2, 0) is 6.42 Å². The van der Waals surface area contributed by atoms with E-state index >= 15 is 0 Å². The van der Waals surface area contributed by atoms with Gasteiger partial charge in [0.15, 0.2) is 0 Å². The quantitative estimate of drug-likeness (QED) is 0.678. The van der Waals surface area contributed by atoms with Crippen LogP contribution in [0.2, 0.25) is 0 Å². The van der Waals surface area contributed by atoms with Crippen LogP contribution >= 0.6 is 0 Å². The van der Waals surface area contributed by atoms with E-state index in [-0.39, 0.29) is 0 Å². The summed E-state index contributed by atoms with van der Waals surface area (Å²) >= 11 is 0. The van der Waals surface area contributed by atoms with Gasteiger partial charge in [-0.15, -0.1) is 0 Å². The van der Waals surface area contributed by atoms with Gasteiger partial charge in [0.2, 0.25) is 0 Å². The average molecular weight is 263 g/mol. The van der Waals surface area contributed by atoms with Crippen molar-refractivity contribution in [2.75, 3.05) is 0 Å². The predicted molar refractivity (Wildman–Crippen MR) is 83.0 cm³/mol. The van der Waals surface area contributed by atoms with Gasteiger partial charge in [0.25, 0.3) is 0 Å². The van der Waals surface area contributed by atoms with E-state index in [1.165, 1.54) is 0 Å². The predicted octanol–water partition coefficient (Wildman–Crippen LogP) is 4.49. The molecule has 0 bridgehead atoms. The molecule has 3 aromatic rings. The van der Waals surface area contributed by atoms with Crippen molar-refractivity contribution in [3.05, 3.63) is 72.4 Å². The van der Waals surface area contributed by atoms with E-state index in [0.29, 0.717) is 6.04 Å². The third-order valence-corrected chi connectivity index (χ3v) is 3.25. The van der Waals surface area contributed by atoms with Gasteiger partial charge >= 0.3 is 0 Å². The highest BCUT2D eigenvalue weighted by Gasteiger charge is 2.10. The molecule has 0 amide bonds. The maximum absolute atomic E-state index is 8.47. The summed E-state index contributed by atoms with van der Waals surface area (Å²) in [6.45, 7) is 2.13. The molecule has 0 fully saturated rings. The molecule has 0 saturated carbocycles. The first-order chi connectivity index (χ1) is 10.3. The van der Waals surface area contributed by atoms with E-state index in [1.54, 1.807) is 0 Å². The van der Waals surface area contributed by atoms with Crippen molar-refractivity contribution in [2.45, 2.75) is 19.8 Å². The number of hydrogen-bond acceptors (Lipinski definition) is 1. The van der Waals surface area contributed by atoms with Crippen molar-refractivity contribution in [2.24, 2.45) is 0 Å². The Kier molecular flexibility index (Phi) is 3.29. The van der Waals surface area contributed by atoms with E-state index in [1.807, 2.05) is 65.3 Å². The third kappa shape index (κ3) is 2.50. The Hall–Kier alpha value is -2.35.